The molecule has 1 rings (SSSR count). The van der Waals surface area contributed by atoms with E-state index in [1.807, 2.05) is 0 Å². The summed E-state index contributed by atoms with van der Waals surface area (Å²) in [6.07, 6.45) is 4.22. The number of aryl methyl sites for hydroxylation is 1. The van der Waals surface area contributed by atoms with Crippen molar-refractivity contribution in [3.8, 4) is 0 Å². The average molecular weight is 152 g/mol. The normalized spacial score (nSPS) is 10.6. The van der Waals surface area contributed by atoms with Crippen LogP contribution in [0.15, 0.2) is 12.4 Å². The molecule has 58 valence electrons. The molecular formula is C6H8N4O. The van der Waals surface area contributed by atoms with Gasteiger partial charge in [-0.05, 0) is 6.08 Å². The number of rotatable bonds is 2. The molecule has 1 amide bonds. The third kappa shape index (κ3) is 2.21. The van der Waals surface area contributed by atoms with Crippen LogP contribution in [0.4, 0.5) is 0 Å². The van der Waals surface area contributed by atoms with Gasteiger partial charge in [-0.15, -0.1) is 0 Å². The summed E-state index contributed by atoms with van der Waals surface area (Å²) in [6.45, 7) is 0. The van der Waals surface area contributed by atoms with Crippen LogP contribution in [0.3, 0.4) is 0 Å². The lowest BCUT2D eigenvalue weighted by Gasteiger charge is -1.80. The lowest BCUT2D eigenvalue weighted by molar-refractivity contribution is -0.113. The molecule has 0 aliphatic heterocycles. The zero-order valence-electron chi connectivity index (χ0n) is 6.06. The molecule has 1 aromatic heterocycles. The van der Waals surface area contributed by atoms with Crippen molar-refractivity contribution in [3.63, 3.8) is 0 Å². The molecule has 0 atom stereocenters. The van der Waals surface area contributed by atoms with E-state index >= 15 is 0 Å². The van der Waals surface area contributed by atoms with Crippen LogP contribution in [0.2, 0.25) is 0 Å². The highest BCUT2D eigenvalue weighted by atomic mass is 16.1. The van der Waals surface area contributed by atoms with Gasteiger partial charge in [0, 0.05) is 13.1 Å². The Morgan fingerprint density at radius 1 is 1.82 bits per heavy atom. The van der Waals surface area contributed by atoms with E-state index in [9.17, 15) is 4.79 Å². The Morgan fingerprint density at radius 2 is 2.55 bits per heavy atom. The molecule has 0 saturated carbocycles. The molecule has 5 nitrogen and oxygen atoms in total. The minimum atomic E-state index is -0.502. The topological polar surface area (TPSA) is 73.8 Å². The van der Waals surface area contributed by atoms with Crippen LogP contribution in [0, 0.1) is 0 Å². The first kappa shape index (κ1) is 7.46. The highest BCUT2D eigenvalue weighted by Gasteiger charge is 1.91. The summed E-state index contributed by atoms with van der Waals surface area (Å²) in [5.41, 5.74) is 4.86. The van der Waals surface area contributed by atoms with Crippen LogP contribution in [0.1, 0.15) is 5.82 Å². The van der Waals surface area contributed by atoms with Crippen LogP contribution in [-0.4, -0.2) is 20.7 Å². The third-order valence-electron chi connectivity index (χ3n) is 1.01. The number of hydrogen-bond donors (Lipinski definition) is 1. The molecule has 0 saturated heterocycles. The van der Waals surface area contributed by atoms with Gasteiger partial charge in [-0.3, -0.25) is 9.48 Å². The number of aromatic nitrogens is 3. The Kier molecular flexibility index (Phi) is 2.00. The molecule has 0 unspecified atom stereocenters. The van der Waals surface area contributed by atoms with Gasteiger partial charge in [-0.25, -0.2) is 4.98 Å². The van der Waals surface area contributed by atoms with E-state index in [0.717, 1.165) is 0 Å². The number of primary amides is 1. The maximum Gasteiger partial charge on any atom is 0.241 e. The van der Waals surface area contributed by atoms with Gasteiger partial charge in [0.05, 0.1) is 0 Å². The first-order valence-corrected chi connectivity index (χ1v) is 3.01. The highest BCUT2D eigenvalue weighted by molar-refractivity contribution is 5.89. The van der Waals surface area contributed by atoms with Crippen molar-refractivity contribution in [1.29, 1.82) is 0 Å². The van der Waals surface area contributed by atoms with Gasteiger partial charge >= 0.3 is 0 Å². The molecule has 1 aromatic rings. The summed E-state index contributed by atoms with van der Waals surface area (Å²) in [5.74, 6) is -0.0243. The molecule has 0 spiro atoms. The van der Waals surface area contributed by atoms with E-state index in [0.29, 0.717) is 5.82 Å². The van der Waals surface area contributed by atoms with Gasteiger partial charge in [0.1, 0.15) is 6.33 Å². The predicted molar refractivity (Wildman–Crippen MR) is 39.2 cm³/mol. The standard InChI is InChI=1S/C6H8N4O/c1-10-4-8-6(9-10)3-2-5(7)11/h2-4H,1H3,(H2,7,11)/b3-2+. The highest BCUT2D eigenvalue weighted by Crippen LogP contribution is 1.90. The van der Waals surface area contributed by atoms with Gasteiger partial charge in [0.2, 0.25) is 5.91 Å². The van der Waals surface area contributed by atoms with Crippen molar-refractivity contribution < 1.29 is 4.79 Å². The second-order valence-electron chi connectivity index (χ2n) is 2.01. The molecule has 0 fully saturated rings. The van der Waals surface area contributed by atoms with E-state index in [1.54, 1.807) is 18.1 Å². The Bertz CT molecular complexity index is 289. The number of nitrogens with two attached hydrogens (primary N) is 1. The predicted octanol–water partition coefficient (Wildman–Crippen LogP) is -0.686. The van der Waals surface area contributed by atoms with Crippen molar-refractivity contribution in [2.75, 3.05) is 0 Å². The fraction of sp³-hybridized carbons (Fsp3) is 0.167. The zero-order chi connectivity index (χ0) is 8.27. The zero-order valence-corrected chi connectivity index (χ0v) is 6.06. The number of carbonyl (C=O) groups is 1. The summed E-state index contributed by atoms with van der Waals surface area (Å²) in [6, 6.07) is 0. The Balaban J connectivity index is 2.71. The summed E-state index contributed by atoms with van der Waals surface area (Å²) in [4.78, 5) is 14.1. The summed E-state index contributed by atoms with van der Waals surface area (Å²) < 4.78 is 1.54. The van der Waals surface area contributed by atoms with Gasteiger partial charge in [0.15, 0.2) is 5.82 Å². The van der Waals surface area contributed by atoms with E-state index in [1.165, 1.54) is 12.2 Å². The third-order valence-corrected chi connectivity index (χ3v) is 1.01. The molecule has 1 heterocycles. The van der Waals surface area contributed by atoms with E-state index in [-0.39, 0.29) is 0 Å². The fourth-order valence-electron chi connectivity index (χ4n) is 0.589. The second kappa shape index (κ2) is 2.96. The number of hydrogen-bond acceptors (Lipinski definition) is 3. The van der Waals surface area contributed by atoms with Crippen molar-refractivity contribution in [2.45, 2.75) is 0 Å². The molecule has 0 aliphatic rings. The molecule has 2 N–H and O–H groups in total. The first-order chi connectivity index (χ1) is 5.18. The Hall–Kier alpha value is -1.65. The summed E-state index contributed by atoms with van der Waals surface area (Å²) in [7, 11) is 1.74. The van der Waals surface area contributed by atoms with Crippen molar-refractivity contribution in [1.82, 2.24) is 14.8 Å². The van der Waals surface area contributed by atoms with Crippen LogP contribution in [0.5, 0.6) is 0 Å². The van der Waals surface area contributed by atoms with E-state index in [4.69, 9.17) is 5.73 Å². The second-order valence-corrected chi connectivity index (χ2v) is 2.01. The maximum atomic E-state index is 10.3. The van der Waals surface area contributed by atoms with Crippen LogP contribution in [0.25, 0.3) is 6.08 Å². The van der Waals surface area contributed by atoms with Crippen LogP contribution < -0.4 is 5.73 Å². The average Bonchev–Trinajstić information content (AvgIpc) is 2.31. The monoisotopic (exact) mass is 152 g/mol. The smallest absolute Gasteiger partial charge is 0.241 e. The number of carbonyl (C=O) groups excluding carboxylic acids is 1. The van der Waals surface area contributed by atoms with Gasteiger partial charge < -0.3 is 5.73 Å². The number of nitrogens with zero attached hydrogens (tertiary/aromatic N) is 3. The Morgan fingerprint density at radius 3 is 3.00 bits per heavy atom. The van der Waals surface area contributed by atoms with Gasteiger partial charge in [-0.1, -0.05) is 0 Å². The van der Waals surface area contributed by atoms with Crippen LogP contribution in [-0.2, 0) is 11.8 Å². The number of amides is 1. The fourth-order valence-corrected chi connectivity index (χ4v) is 0.589. The van der Waals surface area contributed by atoms with Crippen LogP contribution >= 0.6 is 0 Å². The molecule has 5 heteroatoms. The maximum absolute atomic E-state index is 10.3. The largest absolute Gasteiger partial charge is 0.366 e. The molecule has 0 aliphatic carbocycles. The van der Waals surface area contributed by atoms with E-state index in [2.05, 4.69) is 10.1 Å². The SMILES string of the molecule is Cn1cnc(/C=C/C(N)=O)n1. The van der Waals surface area contributed by atoms with E-state index < -0.39 is 5.91 Å². The molecule has 11 heavy (non-hydrogen) atoms. The molecule has 0 aromatic carbocycles. The Labute approximate surface area is 63.5 Å². The van der Waals surface area contributed by atoms with Gasteiger partial charge in [0.25, 0.3) is 0 Å². The van der Waals surface area contributed by atoms with Crippen molar-refractivity contribution in [2.24, 2.45) is 12.8 Å². The lowest BCUT2D eigenvalue weighted by Crippen LogP contribution is -2.05. The first-order valence-electron chi connectivity index (χ1n) is 3.01. The lowest BCUT2D eigenvalue weighted by atomic mass is 10.5. The molecular weight excluding hydrogens is 144 g/mol. The molecule has 0 radical (unpaired) electrons. The minimum absolute atomic E-state index is 0.478. The van der Waals surface area contributed by atoms with Crippen molar-refractivity contribution in [3.05, 3.63) is 18.2 Å². The van der Waals surface area contributed by atoms with Crippen molar-refractivity contribution >= 4 is 12.0 Å². The van der Waals surface area contributed by atoms with Gasteiger partial charge in [-0.2, -0.15) is 5.10 Å². The quantitative estimate of drug-likeness (QED) is 0.570. The molecule has 0 bridgehead atoms. The minimum Gasteiger partial charge on any atom is -0.366 e. The summed E-state index contributed by atoms with van der Waals surface area (Å²) in [5, 5.41) is 3.89. The summed E-state index contributed by atoms with van der Waals surface area (Å²) >= 11 is 0.